The third-order valence-electron chi connectivity index (χ3n) is 10.3. The lowest BCUT2D eigenvalue weighted by Crippen LogP contribution is -2.56. The lowest BCUT2D eigenvalue weighted by atomic mass is 9.74. The number of rotatable bonds is 20. The van der Waals surface area contributed by atoms with E-state index in [1.165, 1.54) is 4.68 Å². The van der Waals surface area contributed by atoms with Crippen molar-refractivity contribution in [1.82, 2.24) is 30.9 Å². The average molecular weight is 741 g/mol. The quantitative estimate of drug-likeness (QED) is 0.0737. The monoisotopic (exact) mass is 740 g/mol. The van der Waals surface area contributed by atoms with E-state index >= 15 is 0 Å². The molecule has 3 aromatic rings. The molecule has 0 bridgehead atoms. The van der Waals surface area contributed by atoms with Crippen LogP contribution in [0.25, 0.3) is 22.0 Å². The van der Waals surface area contributed by atoms with Gasteiger partial charge < -0.3 is 40.2 Å². The maximum absolute atomic E-state index is 13.1. The van der Waals surface area contributed by atoms with E-state index in [0.29, 0.717) is 44.7 Å². The van der Waals surface area contributed by atoms with Gasteiger partial charge in [-0.05, 0) is 44.0 Å². The van der Waals surface area contributed by atoms with Gasteiger partial charge >= 0.3 is 0 Å². The molecule has 0 radical (unpaired) electrons. The molecule has 6 N–H and O–H groups in total. The van der Waals surface area contributed by atoms with Gasteiger partial charge in [-0.3, -0.25) is 14.9 Å². The topological polar surface area (TPSA) is 189 Å². The van der Waals surface area contributed by atoms with Crippen LogP contribution in [0.4, 0.5) is 0 Å². The molecule has 0 aliphatic carbocycles. The number of aliphatic hydroxyl groups is 3. The molecule has 53 heavy (non-hydrogen) atoms. The second-order valence-electron chi connectivity index (χ2n) is 15.5. The van der Waals surface area contributed by atoms with Gasteiger partial charge in [0.2, 0.25) is 11.8 Å². The minimum Gasteiger partial charge on any atom is -0.394 e. The molecule has 6 atom stereocenters. The van der Waals surface area contributed by atoms with E-state index in [4.69, 9.17) is 14.2 Å². The Bertz CT molecular complexity index is 1620. The second-order valence-corrected chi connectivity index (χ2v) is 15.5. The molecule has 2 heterocycles. The first-order chi connectivity index (χ1) is 25.2. The van der Waals surface area contributed by atoms with Crippen LogP contribution in [0.3, 0.4) is 0 Å². The summed E-state index contributed by atoms with van der Waals surface area (Å²) in [6.45, 7) is 10.1. The molecule has 294 valence electrons. The number of carbonyl (C=O) groups excluding carboxylic acids is 2. The van der Waals surface area contributed by atoms with Gasteiger partial charge in [0, 0.05) is 49.6 Å². The van der Waals surface area contributed by atoms with Gasteiger partial charge in [-0.2, -0.15) is 0 Å². The van der Waals surface area contributed by atoms with E-state index in [1.54, 1.807) is 13.3 Å². The van der Waals surface area contributed by atoms with Crippen LogP contribution in [0.5, 0.6) is 0 Å². The van der Waals surface area contributed by atoms with Crippen molar-refractivity contribution in [2.24, 2.45) is 10.8 Å². The standard InChI is InChI=1S/C39H60N6O8/c1-37(2,25-38(3,4)36(50)42-21-19-39(5,40-6)51-7)35(49)41-20-12-8-9-13-22-52-34-31(33(48)32(47)30(24-46)53-34)45-23-29(43-44-45)28-18-14-16-26-15-10-11-17-27(26)28/h10-11,14-18,23,30-34,40,46-48H,8-9,12-13,19-22,24-25H2,1-7H3,(H,41,49)(H,42,50). The van der Waals surface area contributed by atoms with Crippen LogP contribution in [0.1, 0.15) is 79.2 Å². The molecule has 1 fully saturated rings. The predicted molar refractivity (Wildman–Crippen MR) is 201 cm³/mol. The van der Waals surface area contributed by atoms with Crippen molar-refractivity contribution in [2.45, 2.75) is 110 Å². The van der Waals surface area contributed by atoms with Gasteiger partial charge in [0.25, 0.3) is 0 Å². The number of hydrogen-bond donors (Lipinski definition) is 6. The van der Waals surface area contributed by atoms with Crippen molar-refractivity contribution < 1.29 is 39.1 Å². The summed E-state index contributed by atoms with van der Waals surface area (Å²) in [4.78, 5) is 26.1. The smallest absolute Gasteiger partial charge is 0.225 e. The van der Waals surface area contributed by atoms with Gasteiger partial charge in [-0.1, -0.05) is 88.2 Å². The number of hydrogen-bond acceptors (Lipinski definition) is 11. The number of aliphatic hydroxyl groups excluding tert-OH is 3. The summed E-state index contributed by atoms with van der Waals surface area (Å²) < 4.78 is 18.9. The first-order valence-electron chi connectivity index (χ1n) is 18.6. The Morgan fingerprint density at radius 2 is 1.57 bits per heavy atom. The molecule has 2 aromatic carbocycles. The highest BCUT2D eigenvalue weighted by Crippen LogP contribution is 2.35. The van der Waals surface area contributed by atoms with E-state index in [0.717, 1.165) is 35.6 Å². The molecule has 0 saturated carbocycles. The maximum atomic E-state index is 13.1. The predicted octanol–water partition coefficient (Wildman–Crippen LogP) is 3.30. The molecule has 1 aliphatic rings. The minimum absolute atomic E-state index is 0.0970. The summed E-state index contributed by atoms with van der Waals surface area (Å²) in [6, 6.07) is 13.0. The molecular formula is C39H60N6O8. The first-order valence-corrected chi connectivity index (χ1v) is 18.6. The number of amides is 2. The normalized spacial score (nSPS) is 22.0. The molecule has 14 nitrogen and oxygen atoms in total. The van der Waals surface area contributed by atoms with Crippen molar-refractivity contribution in [3.8, 4) is 11.3 Å². The lowest BCUT2D eigenvalue weighted by Gasteiger charge is -2.41. The number of unbranched alkanes of at least 4 members (excludes halogenated alkanes) is 3. The van der Waals surface area contributed by atoms with E-state index in [-0.39, 0.29) is 11.8 Å². The number of nitrogens with one attached hydrogen (secondary N) is 3. The Morgan fingerprint density at radius 3 is 2.25 bits per heavy atom. The Labute approximate surface area is 313 Å². The summed E-state index contributed by atoms with van der Waals surface area (Å²) in [5.74, 6) is -0.204. The van der Waals surface area contributed by atoms with Crippen molar-refractivity contribution in [2.75, 3.05) is 40.5 Å². The van der Waals surface area contributed by atoms with Gasteiger partial charge in [0.05, 0.1) is 12.8 Å². The summed E-state index contributed by atoms with van der Waals surface area (Å²) in [7, 11) is 3.43. The molecule has 1 aliphatic heterocycles. The van der Waals surface area contributed by atoms with Crippen molar-refractivity contribution in [3.05, 3.63) is 48.7 Å². The zero-order valence-electron chi connectivity index (χ0n) is 32.3. The third-order valence-corrected chi connectivity index (χ3v) is 10.3. The van der Waals surface area contributed by atoms with E-state index in [9.17, 15) is 24.9 Å². The SMILES string of the molecule is CNC(C)(CCNC(=O)C(C)(C)CC(C)(C)C(=O)NCCCCCCOC1OC(CO)C(O)C(O)C1n1cc(-c2cccc3ccccc23)nn1)OC. The number of carbonyl (C=O) groups is 2. The highest BCUT2D eigenvalue weighted by molar-refractivity contribution is 5.95. The third kappa shape index (κ3) is 10.8. The molecule has 0 spiro atoms. The molecule has 14 heteroatoms. The van der Waals surface area contributed by atoms with Crippen LogP contribution >= 0.6 is 0 Å². The highest BCUT2D eigenvalue weighted by atomic mass is 16.7. The summed E-state index contributed by atoms with van der Waals surface area (Å²) >= 11 is 0. The maximum Gasteiger partial charge on any atom is 0.225 e. The fraction of sp³-hybridized carbons (Fsp3) is 0.641. The fourth-order valence-electron chi connectivity index (χ4n) is 6.95. The lowest BCUT2D eigenvalue weighted by molar-refractivity contribution is -0.281. The van der Waals surface area contributed by atoms with Crippen LogP contribution < -0.4 is 16.0 Å². The fourth-order valence-corrected chi connectivity index (χ4v) is 6.95. The number of ether oxygens (including phenoxy) is 3. The van der Waals surface area contributed by atoms with Crippen molar-refractivity contribution in [3.63, 3.8) is 0 Å². The molecule has 2 amide bonds. The number of fused-ring (bicyclic) bond motifs is 1. The van der Waals surface area contributed by atoms with Crippen LogP contribution in [0, 0.1) is 10.8 Å². The first kappa shape index (κ1) is 42.2. The number of methoxy groups -OCH3 is 1. The summed E-state index contributed by atoms with van der Waals surface area (Å²) in [6.07, 6.45) is 1.14. The largest absolute Gasteiger partial charge is 0.394 e. The molecule has 6 unspecified atom stereocenters. The zero-order valence-corrected chi connectivity index (χ0v) is 32.3. The van der Waals surface area contributed by atoms with Crippen LogP contribution in [-0.2, 0) is 23.8 Å². The Balaban J connectivity index is 1.22. The summed E-state index contributed by atoms with van der Waals surface area (Å²) in [5.41, 5.74) is -0.546. The zero-order chi connectivity index (χ0) is 38.8. The van der Waals surface area contributed by atoms with Gasteiger partial charge in [-0.25, -0.2) is 4.68 Å². The average Bonchev–Trinajstić information content (AvgIpc) is 3.62. The van der Waals surface area contributed by atoms with Crippen molar-refractivity contribution >= 4 is 22.6 Å². The van der Waals surface area contributed by atoms with Gasteiger partial charge in [0.15, 0.2) is 6.29 Å². The number of benzene rings is 2. The van der Waals surface area contributed by atoms with E-state index < -0.39 is 53.8 Å². The molecular weight excluding hydrogens is 680 g/mol. The van der Waals surface area contributed by atoms with Gasteiger partial charge in [-0.15, -0.1) is 5.10 Å². The van der Waals surface area contributed by atoms with Crippen molar-refractivity contribution in [1.29, 1.82) is 0 Å². The Kier molecular flexibility index (Phi) is 14.9. The molecule has 4 rings (SSSR count). The number of nitrogens with zero attached hydrogens (tertiary/aromatic N) is 3. The van der Waals surface area contributed by atoms with Crippen LogP contribution in [-0.4, -0.2) is 113 Å². The Morgan fingerprint density at radius 1 is 0.906 bits per heavy atom. The van der Waals surface area contributed by atoms with E-state index in [2.05, 4.69) is 26.3 Å². The minimum atomic E-state index is -1.35. The van der Waals surface area contributed by atoms with Crippen LogP contribution in [0.2, 0.25) is 0 Å². The second kappa shape index (κ2) is 18.7. The van der Waals surface area contributed by atoms with Crippen LogP contribution in [0.15, 0.2) is 48.7 Å². The molecule has 1 saturated heterocycles. The Hall–Kier alpha value is -3.50. The van der Waals surface area contributed by atoms with Gasteiger partial charge in [0.1, 0.15) is 35.8 Å². The number of aromatic nitrogens is 3. The summed E-state index contributed by atoms with van der Waals surface area (Å²) in [5, 5.41) is 51.4. The highest BCUT2D eigenvalue weighted by Gasteiger charge is 2.46. The molecule has 1 aromatic heterocycles. The van der Waals surface area contributed by atoms with E-state index in [1.807, 2.05) is 84.1 Å².